The van der Waals surface area contributed by atoms with Gasteiger partial charge in [0.15, 0.2) is 0 Å². The molecule has 1 aliphatic heterocycles. The monoisotopic (exact) mass is 250 g/mol. The highest BCUT2D eigenvalue weighted by atomic mass is 16.1. The normalized spacial score (nSPS) is 24.0. The van der Waals surface area contributed by atoms with E-state index in [1.807, 2.05) is 20.9 Å². The van der Waals surface area contributed by atoms with E-state index in [1.165, 1.54) is 0 Å². The molecule has 2 N–H and O–H groups in total. The van der Waals surface area contributed by atoms with E-state index in [0.717, 1.165) is 36.5 Å². The van der Waals surface area contributed by atoms with E-state index < -0.39 is 0 Å². The van der Waals surface area contributed by atoms with E-state index in [1.54, 1.807) is 4.68 Å². The zero-order valence-corrected chi connectivity index (χ0v) is 11.6. The summed E-state index contributed by atoms with van der Waals surface area (Å²) < 4.78 is 1.80. The Labute approximate surface area is 108 Å². The smallest absolute Gasteiger partial charge is 0.227 e. The SMILES string of the molecule is Cc1nn(C)c(C)c1NC(=O)C1CCNC(C)C1. The number of piperidine rings is 1. The molecule has 0 spiro atoms. The second kappa shape index (κ2) is 5.10. The predicted molar refractivity (Wildman–Crippen MR) is 71.5 cm³/mol. The highest BCUT2D eigenvalue weighted by Crippen LogP contribution is 2.22. The van der Waals surface area contributed by atoms with Crippen molar-refractivity contribution in [2.45, 2.75) is 39.7 Å². The first kappa shape index (κ1) is 13.1. The van der Waals surface area contributed by atoms with Crippen LogP contribution in [0.1, 0.15) is 31.2 Å². The van der Waals surface area contributed by atoms with Gasteiger partial charge in [0.2, 0.25) is 5.91 Å². The third kappa shape index (κ3) is 2.56. The molecule has 0 aromatic carbocycles. The summed E-state index contributed by atoms with van der Waals surface area (Å²) in [5.74, 6) is 0.239. The largest absolute Gasteiger partial charge is 0.323 e. The van der Waals surface area contributed by atoms with E-state index in [-0.39, 0.29) is 11.8 Å². The lowest BCUT2D eigenvalue weighted by Crippen LogP contribution is -2.40. The second-order valence-electron chi connectivity index (χ2n) is 5.24. The van der Waals surface area contributed by atoms with Crippen LogP contribution in [0.5, 0.6) is 0 Å². The molecule has 2 heterocycles. The van der Waals surface area contributed by atoms with Gasteiger partial charge in [0.1, 0.15) is 0 Å². The topological polar surface area (TPSA) is 59.0 Å². The lowest BCUT2D eigenvalue weighted by atomic mass is 9.92. The number of rotatable bonds is 2. The fourth-order valence-corrected chi connectivity index (χ4v) is 2.55. The second-order valence-corrected chi connectivity index (χ2v) is 5.24. The summed E-state index contributed by atoms with van der Waals surface area (Å²) in [7, 11) is 1.89. The van der Waals surface area contributed by atoms with Crippen molar-refractivity contribution in [2.75, 3.05) is 11.9 Å². The van der Waals surface area contributed by atoms with E-state index >= 15 is 0 Å². The van der Waals surface area contributed by atoms with Crippen LogP contribution >= 0.6 is 0 Å². The summed E-state index contributed by atoms with van der Waals surface area (Å²) in [5, 5.41) is 10.7. The van der Waals surface area contributed by atoms with Crippen molar-refractivity contribution in [1.29, 1.82) is 0 Å². The van der Waals surface area contributed by atoms with Gasteiger partial charge in [0.05, 0.1) is 17.1 Å². The molecular formula is C13H22N4O. The summed E-state index contributed by atoms with van der Waals surface area (Å²) in [6.07, 6.45) is 1.82. The Morgan fingerprint density at radius 1 is 1.50 bits per heavy atom. The average molecular weight is 250 g/mol. The molecule has 0 aliphatic carbocycles. The third-order valence-electron chi connectivity index (χ3n) is 3.75. The summed E-state index contributed by atoms with van der Waals surface area (Å²) in [4.78, 5) is 12.3. The van der Waals surface area contributed by atoms with Gasteiger partial charge in [0.25, 0.3) is 0 Å². The first-order valence-corrected chi connectivity index (χ1v) is 6.53. The summed E-state index contributed by atoms with van der Waals surface area (Å²) in [6, 6.07) is 0.422. The standard InChI is InChI=1S/C13H22N4O/c1-8-7-11(5-6-14-8)13(18)15-12-9(2)16-17(4)10(12)3/h8,11,14H,5-7H2,1-4H3,(H,15,18). The van der Waals surface area contributed by atoms with Crippen LogP contribution in [0, 0.1) is 19.8 Å². The Morgan fingerprint density at radius 2 is 2.22 bits per heavy atom. The zero-order chi connectivity index (χ0) is 13.3. The molecule has 1 amide bonds. The lowest BCUT2D eigenvalue weighted by Gasteiger charge is -2.27. The molecule has 0 radical (unpaired) electrons. The number of anilines is 1. The Morgan fingerprint density at radius 3 is 2.78 bits per heavy atom. The van der Waals surface area contributed by atoms with Gasteiger partial charge in [-0.15, -0.1) is 0 Å². The van der Waals surface area contributed by atoms with E-state index in [2.05, 4.69) is 22.7 Å². The highest BCUT2D eigenvalue weighted by molar-refractivity contribution is 5.93. The van der Waals surface area contributed by atoms with Crippen LogP contribution in [0.3, 0.4) is 0 Å². The number of hydrogen-bond donors (Lipinski definition) is 2. The quantitative estimate of drug-likeness (QED) is 0.833. The molecule has 1 aromatic heterocycles. The van der Waals surface area contributed by atoms with Crippen LogP contribution in [-0.4, -0.2) is 28.3 Å². The fourth-order valence-electron chi connectivity index (χ4n) is 2.55. The molecule has 18 heavy (non-hydrogen) atoms. The molecule has 5 heteroatoms. The molecule has 1 aliphatic rings. The maximum Gasteiger partial charge on any atom is 0.227 e. The molecule has 2 rings (SSSR count). The molecule has 100 valence electrons. The van der Waals surface area contributed by atoms with Crippen molar-refractivity contribution < 1.29 is 4.79 Å². The lowest BCUT2D eigenvalue weighted by molar-refractivity contribution is -0.120. The number of hydrogen-bond acceptors (Lipinski definition) is 3. The van der Waals surface area contributed by atoms with Crippen LogP contribution in [-0.2, 0) is 11.8 Å². The number of nitrogens with zero attached hydrogens (tertiary/aromatic N) is 2. The van der Waals surface area contributed by atoms with Crippen molar-refractivity contribution in [1.82, 2.24) is 15.1 Å². The van der Waals surface area contributed by atoms with E-state index in [9.17, 15) is 4.79 Å². The summed E-state index contributed by atoms with van der Waals surface area (Å²) in [6.45, 7) is 6.94. The number of aryl methyl sites for hydroxylation is 2. The van der Waals surface area contributed by atoms with Crippen molar-refractivity contribution >= 4 is 11.6 Å². The molecule has 0 bridgehead atoms. The van der Waals surface area contributed by atoms with Gasteiger partial charge in [0, 0.05) is 19.0 Å². The molecule has 2 unspecified atom stereocenters. The van der Waals surface area contributed by atoms with Gasteiger partial charge < -0.3 is 10.6 Å². The summed E-state index contributed by atoms with van der Waals surface area (Å²) in [5.41, 5.74) is 2.75. The Kier molecular flexibility index (Phi) is 3.71. The van der Waals surface area contributed by atoms with Crippen molar-refractivity contribution in [3.05, 3.63) is 11.4 Å². The van der Waals surface area contributed by atoms with Crippen LogP contribution in [0.15, 0.2) is 0 Å². The minimum Gasteiger partial charge on any atom is -0.323 e. The van der Waals surface area contributed by atoms with E-state index in [4.69, 9.17) is 0 Å². The van der Waals surface area contributed by atoms with Crippen molar-refractivity contribution in [3.63, 3.8) is 0 Å². The molecule has 0 saturated carbocycles. The minimum atomic E-state index is 0.111. The number of carbonyl (C=O) groups excluding carboxylic acids is 1. The molecule has 1 saturated heterocycles. The third-order valence-corrected chi connectivity index (χ3v) is 3.75. The number of amides is 1. The summed E-state index contributed by atoms with van der Waals surface area (Å²) >= 11 is 0. The number of aromatic nitrogens is 2. The number of carbonyl (C=O) groups is 1. The molecule has 2 atom stereocenters. The van der Waals surface area contributed by atoms with Gasteiger partial charge in [-0.05, 0) is 40.2 Å². The van der Waals surface area contributed by atoms with Gasteiger partial charge >= 0.3 is 0 Å². The Balaban J connectivity index is 2.06. The fraction of sp³-hybridized carbons (Fsp3) is 0.692. The average Bonchev–Trinajstić information content (AvgIpc) is 2.56. The van der Waals surface area contributed by atoms with Crippen LogP contribution in [0.4, 0.5) is 5.69 Å². The first-order valence-electron chi connectivity index (χ1n) is 6.53. The minimum absolute atomic E-state index is 0.111. The van der Waals surface area contributed by atoms with Gasteiger partial charge in [-0.1, -0.05) is 0 Å². The van der Waals surface area contributed by atoms with Crippen molar-refractivity contribution in [3.8, 4) is 0 Å². The molecule has 5 nitrogen and oxygen atoms in total. The van der Waals surface area contributed by atoms with Crippen LogP contribution in [0.2, 0.25) is 0 Å². The van der Waals surface area contributed by atoms with Gasteiger partial charge in [-0.3, -0.25) is 9.48 Å². The Hall–Kier alpha value is -1.36. The predicted octanol–water partition coefficient (Wildman–Crippen LogP) is 1.36. The zero-order valence-electron chi connectivity index (χ0n) is 11.6. The van der Waals surface area contributed by atoms with Crippen LogP contribution in [0.25, 0.3) is 0 Å². The molecular weight excluding hydrogens is 228 g/mol. The maximum atomic E-state index is 12.3. The maximum absolute atomic E-state index is 12.3. The van der Waals surface area contributed by atoms with Crippen molar-refractivity contribution in [2.24, 2.45) is 13.0 Å². The molecule has 1 fully saturated rings. The Bertz CT molecular complexity index is 452. The van der Waals surface area contributed by atoms with Gasteiger partial charge in [-0.25, -0.2) is 0 Å². The highest BCUT2D eigenvalue weighted by Gasteiger charge is 2.25. The van der Waals surface area contributed by atoms with Crippen LogP contribution < -0.4 is 10.6 Å². The number of nitrogens with one attached hydrogen (secondary N) is 2. The van der Waals surface area contributed by atoms with E-state index in [0.29, 0.717) is 6.04 Å². The molecule has 1 aromatic rings. The first-order chi connectivity index (χ1) is 8.49. The van der Waals surface area contributed by atoms with Gasteiger partial charge in [-0.2, -0.15) is 5.10 Å².